The number of aliphatic carboxylic acids is 1. The SMILES string of the molecule is CCN(CC(=O)O)C1CC(NC(=O)NC[C@@H]2CCO[C@H]2c2ccccc2)C1. The first kappa shape index (κ1) is 19.6. The quantitative estimate of drug-likeness (QED) is 0.646. The maximum Gasteiger partial charge on any atom is 0.317 e. The molecule has 1 aromatic carbocycles. The number of carboxylic acids is 1. The number of nitrogens with one attached hydrogen (secondary N) is 2. The van der Waals surface area contributed by atoms with E-state index in [0.717, 1.165) is 24.8 Å². The zero-order valence-electron chi connectivity index (χ0n) is 15.8. The van der Waals surface area contributed by atoms with Crippen LogP contribution in [-0.2, 0) is 9.53 Å². The summed E-state index contributed by atoms with van der Waals surface area (Å²) in [5.41, 5.74) is 1.15. The monoisotopic (exact) mass is 375 g/mol. The lowest BCUT2D eigenvalue weighted by Crippen LogP contribution is -2.56. The number of ether oxygens (including phenoxy) is 1. The van der Waals surface area contributed by atoms with Gasteiger partial charge in [0.05, 0.1) is 12.6 Å². The normalized spacial score (nSPS) is 27.2. The van der Waals surface area contributed by atoms with Crippen molar-refractivity contribution in [2.75, 3.05) is 26.2 Å². The Morgan fingerprint density at radius 2 is 2.00 bits per heavy atom. The van der Waals surface area contributed by atoms with E-state index in [1.807, 2.05) is 30.0 Å². The topological polar surface area (TPSA) is 90.9 Å². The zero-order chi connectivity index (χ0) is 19.2. The molecule has 2 fully saturated rings. The Morgan fingerprint density at radius 1 is 1.26 bits per heavy atom. The van der Waals surface area contributed by atoms with Crippen LogP contribution in [0.2, 0.25) is 0 Å². The maximum absolute atomic E-state index is 12.2. The van der Waals surface area contributed by atoms with Crippen molar-refractivity contribution in [1.29, 1.82) is 0 Å². The van der Waals surface area contributed by atoms with Crippen molar-refractivity contribution >= 4 is 12.0 Å². The van der Waals surface area contributed by atoms with Gasteiger partial charge in [0.15, 0.2) is 0 Å². The van der Waals surface area contributed by atoms with E-state index in [1.165, 1.54) is 0 Å². The maximum atomic E-state index is 12.2. The summed E-state index contributed by atoms with van der Waals surface area (Å²) in [5.74, 6) is -0.531. The molecule has 1 saturated heterocycles. The van der Waals surface area contributed by atoms with Gasteiger partial charge >= 0.3 is 12.0 Å². The second kappa shape index (κ2) is 9.19. The van der Waals surface area contributed by atoms with E-state index in [1.54, 1.807) is 0 Å². The molecule has 0 radical (unpaired) electrons. The van der Waals surface area contributed by atoms with Gasteiger partial charge in [-0.15, -0.1) is 0 Å². The molecule has 3 N–H and O–H groups in total. The summed E-state index contributed by atoms with van der Waals surface area (Å²) in [6.07, 6.45) is 2.57. The van der Waals surface area contributed by atoms with Crippen molar-refractivity contribution in [1.82, 2.24) is 15.5 Å². The third-order valence-corrected chi connectivity index (χ3v) is 5.58. The van der Waals surface area contributed by atoms with Crippen LogP contribution in [0.5, 0.6) is 0 Å². The first-order valence-electron chi connectivity index (χ1n) is 9.73. The molecule has 7 nitrogen and oxygen atoms in total. The number of benzene rings is 1. The second-order valence-corrected chi connectivity index (χ2v) is 7.38. The summed E-state index contributed by atoms with van der Waals surface area (Å²) < 4.78 is 5.86. The van der Waals surface area contributed by atoms with Crippen LogP contribution in [0, 0.1) is 5.92 Å². The van der Waals surface area contributed by atoms with Crippen LogP contribution in [0.15, 0.2) is 30.3 Å². The number of carboxylic acid groups (broad SMARTS) is 1. The van der Waals surface area contributed by atoms with E-state index in [0.29, 0.717) is 19.7 Å². The number of likely N-dealkylation sites (N-methyl/N-ethyl adjacent to an activating group) is 1. The number of nitrogens with zero attached hydrogens (tertiary/aromatic N) is 1. The highest BCUT2D eigenvalue weighted by molar-refractivity contribution is 5.74. The third-order valence-electron chi connectivity index (χ3n) is 5.58. The van der Waals surface area contributed by atoms with Gasteiger partial charge in [0.2, 0.25) is 0 Å². The van der Waals surface area contributed by atoms with E-state index in [9.17, 15) is 9.59 Å². The first-order chi connectivity index (χ1) is 13.1. The van der Waals surface area contributed by atoms with Crippen molar-refractivity contribution in [3.8, 4) is 0 Å². The lowest BCUT2D eigenvalue weighted by Gasteiger charge is -2.42. The standard InChI is InChI=1S/C20H29N3O4/c1-2-23(13-18(24)25)17-10-16(11-17)22-20(26)21-12-15-8-9-27-19(15)14-6-4-3-5-7-14/h3-7,15-17,19H,2,8-13H2,1H3,(H,24,25)(H2,21,22,26)/t15-,16?,17?,19-/m0/s1. The van der Waals surface area contributed by atoms with E-state index >= 15 is 0 Å². The fraction of sp³-hybridized carbons (Fsp3) is 0.600. The lowest BCUT2D eigenvalue weighted by atomic mass is 9.85. The Balaban J connectivity index is 1.39. The van der Waals surface area contributed by atoms with E-state index in [2.05, 4.69) is 22.8 Å². The Morgan fingerprint density at radius 3 is 2.67 bits per heavy atom. The summed E-state index contributed by atoms with van der Waals surface area (Å²) in [6.45, 7) is 4.03. The van der Waals surface area contributed by atoms with Gasteiger partial charge in [-0.05, 0) is 31.4 Å². The summed E-state index contributed by atoms with van der Waals surface area (Å²) in [6, 6.07) is 10.3. The highest BCUT2D eigenvalue weighted by Gasteiger charge is 2.35. The molecule has 1 heterocycles. The minimum absolute atomic E-state index is 0.0358. The summed E-state index contributed by atoms with van der Waals surface area (Å²) >= 11 is 0. The smallest absolute Gasteiger partial charge is 0.317 e. The Kier molecular flexibility index (Phi) is 6.68. The molecular formula is C20H29N3O4. The fourth-order valence-corrected chi connectivity index (χ4v) is 3.99. The molecule has 3 rings (SSSR count). The van der Waals surface area contributed by atoms with Crippen molar-refractivity contribution in [3.63, 3.8) is 0 Å². The van der Waals surface area contributed by atoms with Crippen molar-refractivity contribution < 1.29 is 19.4 Å². The summed E-state index contributed by atoms with van der Waals surface area (Å²) in [5, 5.41) is 14.9. The molecular weight excluding hydrogens is 346 g/mol. The number of hydrogen-bond donors (Lipinski definition) is 3. The molecule has 1 aromatic rings. The predicted octanol–water partition coefficient (Wildman–Crippen LogP) is 2.00. The number of urea groups is 1. The molecule has 0 aromatic heterocycles. The lowest BCUT2D eigenvalue weighted by molar-refractivity contribution is -0.139. The molecule has 0 bridgehead atoms. The van der Waals surface area contributed by atoms with Crippen LogP contribution in [0.3, 0.4) is 0 Å². The van der Waals surface area contributed by atoms with Crippen LogP contribution >= 0.6 is 0 Å². The van der Waals surface area contributed by atoms with Crippen molar-refractivity contribution in [2.45, 2.75) is 44.4 Å². The number of carbonyl (C=O) groups is 2. The molecule has 0 unspecified atom stereocenters. The van der Waals surface area contributed by atoms with Gasteiger partial charge in [-0.3, -0.25) is 9.69 Å². The zero-order valence-corrected chi connectivity index (χ0v) is 15.8. The number of rotatable bonds is 8. The Bertz CT molecular complexity index is 633. The molecule has 2 atom stereocenters. The van der Waals surface area contributed by atoms with Crippen LogP contribution < -0.4 is 10.6 Å². The van der Waals surface area contributed by atoms with Gasteiger partial charge in [-0.25, -0.2) is 4.79 Å². The minimum atomic E-state index is -0.808. The second-order valence-electron chi connectivity index (χ2n) is 7.38. The average Bonchev–Trinajstić information content (AvgIpc) is 3.10. The van der Waals surface area contributed by atoms with E-state index < -0.39 is 5.97 Å². The van der Waals surface area contributed by atoms with Gasteiger partial charge < -0.3 is 20.5 Å². The molecule has 1 saturated carbocycles. The summed E-state index contributed by atoms with van der Waals surface area (Å²) in [7, 11) is 0. The Labute approximate surface area is 160 Å². The highest BCUT2D eigenvalue weighted by atomic mass is 16.5. The van der Waals surface area contributed by atoms with Gasteiger partial charge in [0.25, 0.3) is 0 Å². The molecule has 0 spiro atoms. The largest absolute Gasteiger partial charge is 0.480 e. The van der Waals surface area contributed by atoms with Gasteiger partial charge in [-0.2, -0.15) is 0 Å². The fourth-order valence-electron chi connectivity index (χ4n) is 3.99. The molecule has 27 heavy (non-hydrogen) atoms. The average molecular weight is 375 g/mol. The summed E-state index contributed by atoms with van der Waals surface area (Å²) in [4.78, 5) is 25.0. The van der Waals surface area contributed by atoms with Gasteiger partial charge in [0, 0.05) is 31.2 Å². The van der Waals surface area contributed by atoms with Gasteiger partial charge in [0.1, 0.15) is 0 Å². The number of hydrogen-bond acceptors (Lipinski definition) is 4. The molecule has 7 heteroatoms. The number of amides is 2. The van der Waals surface area contributed by atoms with Crippen molar-refractivity contribution in [3.05, 3.63) is 35.9 Å². The van der Waals surface area contributed by atoms with Gasteiger partial charge in [-0.1, -0.05) is 37.3 Å². The first-order valence-corrected chi connectivity index (χ1v) is 9.73. The van der Waals surface area contributed by atoms with E-state index in [-0.39, 0.29) is 36.7 Å². The number of carbonyl (C=O) groups excluding carboxylic acids is 1. The molecule has 1 aliphatic carbocycles. The van der Waals surface area contributed by atoms with E-state index in [4.69, 9.17) is 9.84 Å². The molecule has 1 aliphatic heterocycles. The van der Waals surface area contributed by atoms with Crippen molar-refractivity contribution in [2.24, 2.45) is 5.92 Å². The molecule has 2 aliphatic rings. The van der Waals surface area contributed by atoms with Crippen LogP contribution in [0.1, 0.15) is 37.9 Å². The predicted molar refractivity (Wildman–Crippen MR) is 101 cm³/mol. The van der Waals surface area contributed by atoms with Crippen LogP contribution in [0.25, 0.3) is 0 Å². The third kappa shape index (κ3) is 5.20. The minimum Gasteiger partial charge on any atom is -0.480 e. The Hall–Kier alpha value is -2.12. The molecule has 2 amide bonds. The van der Waals surface area contributed by atoms with Crippen LogP contribution in [-0.4, -0.2) is 60.3 Å². The molecule has 148 valence electrons. The highest BCUT2D eigenvalue weighted by Crippen LogP contribution is 2.33. The van der Waals surface area contributed by atoms with Crippen LogP contribution in [0.4, 0.5) is 4.79 Å².